The third-order valence-electron chi connectivity index (χ3n) is 11.1. The maximum atomic E-state index is 13.4. The van der Waals surface area contributed by atoms with Crippen molar-refractivity contribution in [1.29, 1.82) is 0 Å². The van der Waals surface area contributed by atoms with Gasteiger partial charge in [0.2, 0.25) is 0 Å². The zero-order valence-electron chi connectivity index (χ0n) is 37.5. The van der Waals surface area contributed by atoms with E-state index in [-0.39, 0.29) is 30.1 Å². The molecule has 3 fully saturated rings. The van der Waals surface area contributed by atoms with Crippen molar-refractivity contribution < 1.29 is 28.5 Å². The van der Waals surface area contributed by atoms with Crippen molar-refractivity contribution in [2.45, 2.75) is 166 Å². The monoisotopic (exact) mass is 913 g/mol. The molecule has 2 unspecified atom stereocenters. The molecular weight excluding hydrogens is 847 g/mol. The molecule has 0 aromatic carbocycles. The minimum Gasteiger partial charge on any atom is -0.458 e. The normalized spacial score (nSPS) is 20.5. The highest BCUT2D eigenvalue weighted by Crippen LogP contribution is 2.47. The fourth-order valence-electron chi connectivity index (χ4n) is 7.75. The van der Waals surface area contributed by atoms with Crippen LogP contribution in [0.1, 0.15) is 91.7 Å². The van der Waals surface area contributed by atoms with Crippen molar-refractivity contribution in [2.75, 3.05) is 36.9 Å². The summed E-state index contributed by atoms with van der Waals surface area (Å²) in [6.45, 7) is 27.5. The van der Waals surface area contributed by atoms with Gasteiger partial charge in [-0.3, -0.25) is 0 Å². The summed E-state index contributed by atoms with van der Waals surface area (Å²) in [5.41, 5.74) is 1.44. The second-order valence-corrected chi connectivity index (χ2v) is 33.3. The minimum atomic E-state index is -1.32. The first-order chi connectivity index (χ1) is 27.4. The maximum Gasteiger partial charge on any atom is 0.410 e. The lowest BCUT2D eigenvalue weighted by Gasteiger charge is -2.39. The Labute approximate surface area is 361 Å². The molecule has 1 amide bonds. The largest absolute Gasteiger partial charge is 0.458 e. The number of piperidine rings is 1. The fraction of sp³-hybridized carbons (Fsp3) is 0.698. The number of anilines is 2. The van der Waals surface area contributed by atoms with E-state index in [0.717, 1.165) is 64.9 Å². The number of hydrogen-bond acceptors (Lipinski definition) is 11. The van der Waals surface area contributed by atoms with E-state index in [0.29, 0.717) is 51.0 Å². The molecule has 5 heterocycles. The Morgan fingerprint density at radius 2 is 1.46 bits per heavy atom. The Balaban J connectivity index is 1.36. The van der Waals surface area contributed by atoms with Gasteiger partial charge in [-0.15, -0.1) is 0 Å². The summed E-state index contributed by atoms with van der Waals surface area (Å²) in [4.78, 5) is 40.8. The van der Waals surface area contributed by atoms with Gasteiger partial charge in [-0.1, -0.05) is 39.3 Å². The molecule has 0 spiro atoms. The molecule has 2 aliphatic heterocycles. The molecule has 59 heavy (non-hydrogen) atoms. The van der Waals surface area contributed by atoms with Gasteiger partial charge in [0.15, 0.2) is 11.5 Å². The molecule has 1 aliphatic carbocycles. The number of carbonyl (C=O) groups is 2. The average molecular weight is 915 g/mol. The summed E-state index contributed by atoms with van der Waals surface area (Å²) in [6, 6.07) is 6.14. The zero-order valence-corrected chi connectivity index (χ0v) is 41.1. The van der Waals surface area contributed by atoms with E-state index in [1.807, 2.05) is 75.5 Å². The molecule has 3 aliphatic rings. The second-order valence-electron chi connectivity index (χ2n) is 21.2. The highest BCUT2D eigenvalue weighted by atomic mass is 79.9. The topological polar surface area (TPSA) is 133 Å². The molecular formula is C43H68BrN7O6Si2. The molecule has 6 rings (SSSR count). The van der Waals surface area contributed by atoms with Crippen LogP contribution in [0.25, 0.3) is 16.8 Å². The molecule has 2 bridgehead atoms. The number of ether oxygens (including phenoxy) is 4. The molecule has 1 N–H and O–H groups in total. The molecule has 3 aromatic heterocycles. The Hall–Kier alpha value is -3.06. The van der Waals surface area contributed by atoms with Crippen LogP contribution in [0.4, 0.5) is 16.4 Å². The van der Waals surface area contributed by atoms with Crippen LogP contribution in [0.3, 0.4) is 0 Å². The number of carbonyl (C=O) groups excluding carboxylic acids is 2. The minimum absolute atomic E-state index is 0.0666. The van der Waals surface area contributed by atoms with Crippen LogP contribution in [-0.2, 0) is 23.7 Å². The fourth-order valence-corrected chi connectivity index (χ4v) is 10.1. The standard InChI is InChI=1S/C43H68BrN7O6Si2/c1-41(2,3)56-39(52)43(17-18-43)48-34-16-13-29(25-45-34)33-26-46-51-37(33)47-36(30-23-31-14-15-32(24-30)50(31)40(53)57-42(4,5)6)35(44)38(51)49(27-54-19-21-58(7,8)9)28-55-20-22-59(10,11)12/h13,16,25-26,30-32H,14-15,17-24,27-28H2,1-12H3,(H,45,48). The number of nitrogens with zero attached hydrogens (tertiary/aromatic N) is 6. The van der Waals surface area contributed by atoms with E-state index in [1.54, 1.807) is 0 Å². The van der Waals surface area contributed by atoms with Gasteiger partial charge in [0.25, 0.3) is 0 Å². The first kappa shape index (κ1) is 45.5. The molecule has 1 saturated carbocycles. The number of rotatable bonds is 16. The van der Waals surface area contributed by atoms with Gasteiger partial charge in [0.05, 0.1) is 16.4 Å². The van der Waals surface area contributed by atoms with Gasteiger partial charge in [-0.05, 0) is 120 Å². The van der Waals surface area contributed by atoms with Crippen LogP contribution in [-0.4, -0.2) is 108 Å². The summed E-state index contributed by atoms with van der Waals surface area (Å²) in [5.74, 6) is 1.26. The van der Waals surface area contributed by atoms with Crippen LogP contribution in [0.5, 0.6) is 0 Å². The highest BCUT2D eigenvalue weighted by molar-refractivity contribution is 9.10. The summed E-state index contributed by atoms with van der Waals surface area (Å²) in [6.07, 6.45) is 8.26. The second kappa shape index (κ2) is 17.4. The van der Waals surface area contributed by atoms with E-state index in [4.69, 9.17) is 34.0 Å². The van der Waals surface area contributed by atoms with Crippen molar-refractivity contribution in [3.05, 3.63) is 34.7 Å². The number of hydrogen-bond donors (Lipinski definition) is 1. The molecule has 2 atom stereocenters. The summed E-state index contributed by atoms with van der Waals surface area (Å²) in [7, 11) is -2.64. The van der Waals surface area contributed by atoms with E-state index in [1.165, 1.54) is 0 Å². The van der Waals surface area contributed by atoms with Crippen LogP contribution < -0.4 is 10.2 Å². The molecule has 3 aromatic rings. The van der Waals surface area contributed by atoms with E-state index >= 15 is 0 Å². The summed E-state index contributed by atoms with van der Waals surface area (Å²) in [5, 5.41) is 8.32. The van der Waals surface area contributed by atoms with Gasteiger partial charge < -0.3 is 34.1 Å². The van der Waals surface area contributed by atoms with Crippen LogP contribution in [0.2, 0.25) is 51.4 Å². The van der Waals surface area contributed by atoms with Crippen LogP contribution >= 0.6 is 15.9 Å². The predicted octanol–water partition coefficient (Wildman–Crippen LogP) is 9.92. The third-order valence-corrected chi connectivity index (χ3v) is 15.3. The predicted molar refractivity (Wildman–Crippen MR) is 243 cm³/mol. The van der Waals surface area contributed by atoms with Gasteiger partial charge in [0.1, 0.15) is 36.0 Å². The lowest BCUT2D eigenvalue weighted by Crippen LogP contribution is -2.48. The number of amides is 1. The number of nitrogens with one attached hydrogen (secondary N) is 1. The summed E-state index contributed by atoms with van der Waals surface area (Å²) < 4.78 is 27.2. The van der Waals surface area contributed by atoms with Gasteiger partial charge in [-0.25, -0.2) is 19.6 Å². The smallest absolute Gasteiger partial charge is 0.410 e. The molecule has 326 valence electrons. The molecule has 13 nitrogen and oxygen atoms in total. The lowest BCUT2D eigenvalue weighted by atomic mass is 9.88. The van der Waals surface area contributed by atoms with E-state index in [2.05, 4.69) is 65.4 Å². The SMILES string of the molecule is CC(C)(C)OC(=O)N1C2CCC1CC(c1nc3c(-c4ccc(NC5(C(=O)OC(C)(C)C)CC5)nc4)cnn3c(N(COCC[Si](C)(C)C)COCC[Si](C)(C)C)c1Br)C2. The Morgan fingerprint density at radius 3 is 1.95 bits per heavy atom. The Morgan fingerprint density at radius 1 is 0.881 bits per heavy atom. The summed E-state index contributed by atoms with van der Waals surface area (Å²) >= 11 is 4.08. The Bertz CT molecular complexity index is 1930. The quantitative estimate of drug-likeness (QED) is 0.0638. The zero-order chi connectivity index (χ0) is 43.1. The van der Waals surface area contributed by atoms with E-state index in [9.17, 15) is 9.59 Å². The maximum absolute atomic E-state index is 13.4. The van der Waals surface area contributed by atoms with Crippen LogP contribution in [0, 0.1) is 0 Å². The molecule has 2 saturated heterocycles. The number of esters is 1. The van der Waals surface area contributed by atoms with Crippen molar-refractivity contribution >= 4 is 61.4 Å². The van der Waals surface area contributed by atoms with Crippen molar-refractivity contribution in [3.63, 3.8) is 0 Å². The average Bonchev–Trinajstić information content (AvgIpc) is 3.69. The van der Waals surface area contributed by atoms with Crippen molar-refractivity contribution in [2.24, 2.45) is 0 Å². The first-order valence-corrected chi connectivity index (χ1v) is 29.6. The van der Waals surface area contributed by atoms with Gasteiger partial charge in [-0.2, -0.15) is 9.61 Å². The van der Waals surface area contributed by atoms with Crippen molar-refractivity contribution in [1.82, 2.24) is 24.5 Å². The van der Waals surface area contributed by atoms with Crippen molar-refractivity contribution in [3.8, 4) is 11.1 Å². The highest BCUT2D eigenvalue weighted by Gasteiger charge is 2.53. The van der Waals surface area contributed by atoms with E-state index < -0.39 is 32.9 Å². The number of aromatic nitrogens is 4. The molecule has 0 radical (unpaired) electrons. The Kier molecular flexibility index (Phi) is 13.4. The van der Waals surface area contributed by atoms with Gasteiger partial charge >= 0.3 is 12.1 Å². The van der Waals surface area contributed by atoms with Crippen LogP contribution in [0.15, 0.2) is 29.0 Å². The number of fused-ring (bicyclic) bond motifs is 3. The molecule has 16 heteroatoms. The van der Waals surface area contributed by atoms with Gasteiger partial charge in [0, 0.05) is 64.7 Å². The third kappa shape index (κ3) is 11.7. The first-order valence-electron chi connectivity index (χ1n) is 21.4. The lowest BCUT2D eigenvalue weighted by molar-refractivity contribution is -0.156. The number of pyridine rings is 1. The number of halogens is 1.